The molecule has 0 spiro atoms. The highest BCUT2D eigenvalue weighted by Crippen LogP contribution is 2.45. The van der Waals surface area contributed by atoms with Crippen LogP contribution in [-0.4, -0.2) is 18.7 Å². The van der Waals surface area contributed by atoms with Gasteiger partial charge in [0.25, 0.3) is 0 Å². The Balaban J connectivity index is 1.58. The zero-order chi connectivity index (χ0) is 19.2. The van der Waals surface area contributed by atoms with E-state index in [9.17, 15) is 0 Å². The first-order chi connectivity index (χ1) is 12.8. The molecule has 0 radical (unpaired) electrons. The molecule has 2 aromatic carbocycles. The molecule has 2 aliphatic rings. The lowest BCUT2D eigenvalue weighted by Crippen LogP contribution is -2.44. The first-order valence-corrected chi connectivity index (χ1v) is 10.4. The monoisotopic (exact) mass is 363 g/mol. The number of para-hydroxylation sites is 1. The summed E-state index contributed by atoms with van der Waals surface area (Å²) >= 11 is 0. The molecular formula is C25H33NO. The molecule has 2 aliphatic heterocycles. The lowest BCUT2D eigenvalue weighted by Gasteiger charge is -2.39. The third-order valence-electron chi connectivity index (χ3n) is 6.42. The van der Waals surface area contributed by atoms with E-state index in [-0.39, 0.29) is 11.0 Å². The molecule has 27 heavy (non-hydrogen) atoms. The molecule has 0 fully saturated rings. The molecule has 0 bridgehead atoms. The highest BCUT2D eigenvalue weighted by molar-refractivity contribution is 5.60. The quantitative estimate of drug-likeness (QED) is 0.665. The van der Waals surface area contributed by atoms with Gasteiger partial charge in [0, 0.05) is 17.8 Å². The van der Waals surface area contributed by atoms with E-state index in [4.69, 9.17) is 4.74 Å². The molecule has 2 nitrogen and oxygen atoms in total. The number of anilines is 1. The fraction of sp³-hybridized carbons (Fsp3) is 0.520. The van der Waals surface area contributed by atoms with Crippen molar-refractivity contribution in [2.45, 2.75) is 65.3 Å². The number of nitrogens with zero attached hydrogens (tertiary/aromatic N) is 1. The van der Waals surface area contributed by atoms with Crippen LogP contribution in [0.5, 0.6) is 5.75 Å². The Kier molecular flexibility index (Phi) is 4.49. The van der Waals surface area contributed by atoms with Crippen LogP contribution in [0, 0.1) is 5.41 Å². The zero-order valence-electron chi connectivity index (χ0n) is 17.5. The minimum atomic E-state index is 0.0823. The van der Waals surface area contributed by atoms with Gasteiger partial charge < -0.3 is 9.64 Å². The average molecular weight is 364 g/mol. The predicted octanol–water partition coefficient (Wildman–Crippen LogP) is 5.98. The second-order valence-electron chi connectivity index (χ2n) is 9.95. The minimum absolute atomic E-state index is 0.0823. The largest absolute Gasteiger partial charge is 0.493 e. The Hall–Kier alpha value is -1.96. The van der Waals surface area contributed by atoms with Gasteiger partial charge in [0.1, 0.15) is 5.75 Å². The van der Waals surface area contributed by atoms with Gasteiger partial charge in [-0.05, 0) is 73.3 Å². The summed E-state index contributed by atoms with van der Waals surface area (Å²) in [5, 5.41) is 0. The fourth-order valence-corrected chi connectivity index (χ4v) is 5.01. The number of fused-ring (bicyclic) bond motifs is 2. The third kappa shape index (κ3) is 3.47. The molecule has 0 aromatic heterocycles. The third-order valence-corrected chi connectivity index (χ3v) is 6.42. The maximum absolute atomic E-state index is 6.07. The van der Waals surface area contributed by atoms with E-state index in [1.54, 1.807) is 0 Å². The van der Waals surface area contributed by atoms with Crippen LogP contribution >= 0.6 is 0 Å². The van der Waals surface area contributed by atoms with Gasteiger partial charge in [-0.2, -0.15) is 0 Å². The van der Waals surface area contributed by atoms with E-state index in [1.807, 2.05) is 0 Å². The molecule has 1 atom stereocenters. The Morgan fingerprint density at radius 3 is 2.59 bits per heavy atom. The molecule has 4 rings (SSSR count). The summed E-state index contributed by atoms with van der Waals surface area (Å²) in [7, 11) is 0. The van der Waals surface area contributed by atoms with Gasteiger partial charge in [0.2, 0.25) is 0 Å². The Morgan fingerprint density at radius 2 is 1.81 bits per heavy atom. The Labute approximate surface area is 164 Å². The molecule has 2 aromatic rings. The van der Waals surface area contributed by atoms with E-state index < -0.39 is 0 Å². The van der Waals surface area contributed by atoms with Crippen molar-refractivity contribution in [1.29, 1.82) is 0 Å². The van der Waals surface area contributed by atoms with Gasteiger partial charge in [0.15, 0.2) is 0 Å². The smallest absolute Gasteiger partial charge is 0.123 e. The summed E-state index contributed by atoms with van der Waals surface area (Å²) in [6, 6.07) is 15.8. The van der Waals surface area contributed by atoms with Crippen molar-refractivity contribution in [3.8, 4) is 5.75 Å². The topological polar surface area (TPSA) is 12.5 Å². The molecule has 144 valence electrons. The number of hydrogen-bond donors (Lipinski definition) is 0. The Morgan fingerprint density at radius 1 is 1.04 bits per heavy atom. The number of rotatable bonds is 3. The molecule has 2 heteroatoms. The minimum Gasteiger partial charge on any atom is -0.493 e. The lowest BCUT2D eigenvalue weighted by molar-refractivity contribution is 0.203. The van der Waals surface area contributed by atoms with Crippen molar-refractivity contribution >= 4 is 5.69 Å². The van der Waals surface area contributed by atoms with Crippen LogP contribution in [0.25, 0.3) is 0 Å². The van der Waals surface area contributed by atoms with Gasteiger partial charge in [-0.25, -0.2) is 0 Å². The molecule has 0 aliphatic carbocycles. The van der Waals surface area contributed by atoms with Gasteiger partial charge in [-0.15, -0.1) is 0 Å². The van der Waals surface area contributed by atoms with Crippen molar-refractivity contribution in [2.75, 3.05) is 18.1 Å². The van der Waals surface area contributed by atoms with E-state index in [0.29, 0.717) is 5.92 Å². The summed E-state index contributed by atoms with van der Waals surface area (Å²) in [5.41, 5.74) is 6.01. The molecule has 0 saturated carbocycles. The highest BCUT2D eigenvalue weighted by atomic mass is 16.5. The zero-order valence-corrected chi connectivity index (χ0v) is 17.5. The average Bonchev–Trinajstić information content (AvgIpc) is 3.05. The maximum Gasteiger partial charge on any atom is 0.123 e. The number of ether oxygens (including phenoxy) is 1. The molecule has 0 saturated heterocycles. The summed E-state index contributed by atoms with van der Waals surface area (Å²) in [4.78, 5) is 2.58. The maximum atomic E-state index is 6.07. The van der Waals surface area contributed by atoms with Crippen molar-refractivity contribution in [1.82, 2.24) is 0 Å². The Bertz CT molecular complexity index is 830. The number of benzene rings is 2. The van der Waals surface area contributed by atoms with Gasteiger partial charge in [-0.3, -0.25) is 0 Å². The molecule has 2 heterocycles. The normalized spacial score (nSPS) is 19.4. The van der Waals surface area contributed by atoms with E-state index in [2.05, 4.69) is 82.0 Å². The van der Waals surface area contributed by atoms with Crippen molar-refractivity contribution in [3.63, 3.8) is 0 Å². The van der Waals surface area contributed by atoms with Crippen LogP contribution < -0.4 is 9.64 Å². The second kappa shape index (κ2) is 6.58. The van der Waals surface area contributed by atoms with Gasteiger partial charge in [-0.1, -0.05) is 51.1 Å². The summed E-state index contributed by atoms with van der Waals surface area (Å²) < 4.78 is 6.07. The summed E-state index contributed by atoms with van der Waals surface area (Å²) in [5.74, 6) is 1.69. The van der Waals surface area contributed by atoms with E-state index in [0.717, 1.165) is 38.2 Å². The predicted molar refractivity (Wildman–Crippen MR) is 114 cm³/mol. The van der Waals surface area contributed by atoms with Crippen molar-refractivity contribution in [2.24, 2.45) is 5.41 Å². The molecule has 0 N–H and O–H groups in total. The molecule has 1 unspecified atom stereocenters. The van der Waals surface area contributed by atoms with Crippen molar-refractivity contribution < 1.29 is 4.74 Å². The lowest BCUT2D eigenvalue weighted by atomic mass is 9.73. The van der Waals surface area contributed by atoms with Gasteiger partial charge >= 0.3 is 0 Å². The standard InChI is InChI=1S/C25H33NO/c1-24(2,3)21-13-15-27-23-16-18(10-11-20(21)23)17-25(4,5)26-14-12-19-8-6-7-9-22(19)26/h6-11,16,21H,12-15,17H2,1-5H3. The number of hydrogen-bond acceptors (Lipinski definition) is 2. The van der Waals surface area contributed by atoms with Crippen LogP contribution in [-0.2, 0) is 12.8 Å². The van der Waals surface area contributed by atoms with Crippen molar-refractivity contribution in [3.05, 3.63) is 59.2 Å². The van der Waals surface area contributed by atoms with E-state index >= 15 is 0 Å². The second-order valence-corrected chi connectivity index (χ2v) is 9.95. The van der Waals surface area contributed by atoms with Gasteiger partial charge in [0.05, 0.1) is 6.61 Å². The van der Waals surface area contributed by atoms with Crippen LogP contribution in [0.3, 0.4) is 0 Å². The summed E-state index contributed by atoms with van der Waals surface area (Å²) in [6.45, 7) is 13.7. The first kappa shape index (κ1) is 18.4. The molecular weight excluding hydrogens is 330 g/mol. The SMILES string of the molecule is CC(C)(C)C1CCOc2cc(CC(C)(C)N3CCc4ccccc43)ccc21. The van der Waals surface area contributed by atoms with Crippen LogP contribution in [0.15, 0.2) is 42.5 Å². The summed E-state index contributed by atoms with van der Waals surface area (Å²) in [6.07, 6.45) is 3.30. The molecule has 0 amide bonds. The van der Waals surface area contributed by atoms with Crippen LogP contribution in [0.1, 0.15) is 63.6 Å². The first-order valence-electron chi connectivity index (χ1n) is 10.4. The fourth-order valence-electron chi connectivity index (χ4n) is 5.01. The highest BCUT2D eigenvalue weighted by Gasteiger charge is 2.34. The van der Waals surface area contributed by atoms with Crippen LogP contribution in [0.4, 0.5) is 5.69 Å². The van der Waals surface area contributed by atoms with E-state index in [1.165, 1.54) is 22.4 Å². The van der Waals surface area contributed by atoms with Crippen LogP contribution in [0.2, 0.25) is 0 Å².